The average Bonchev–Trinajstić information content (AvgIpc) is 2.62. The molecule has 2 aliphatic rings. The molecule has 1 heterocycles. The molecule has 1 aliphatic heterocycles. The quantitative estimate of drug-likeness (QED) is 0.598. The third-order valence-corrected chi connectivity index (χ3v) is 2.57. The molecule has 0 spiro atoms. The van der Waals surface area contributed by atoms with Crippen molar-refractivity contribution in [1.29, 1.82) is 0 Å². The van der Waals surface area contributed by atoms with Crippen LogP contribution in [-0.2, 0) is 4.79 Å². The molecule has 62 valence electrons. The van der Waals surface area contributed by atoms with E-state index in [2.05, 4.69) is 5.32 Å². The summed E-state index contributed by atoms with van der Waals surface area (Å²) in [7, 11) is 1.93. The van der Waals surface area contributed by atoms with E-state index in [1.807, 2.05) is 11.9 Å². The van der Waals surface area contributed by atoms with Gasteiger partial charge in [0, 0.05) is 26.2 Å². The Labute approximate surface area is 66.8 Å². The van der Waals surface area contributed by atoms with E-state index in [4.69, 9.17) is 0 Å². The van der Waals surface area contributed by atoms with Crippen molar-refractivity contribution in [3.05, 3.63) is 0 Å². The van der Waals surface area contributed by atoms with E-state index < -0.39 is 0 Å². The summed E-state index contributed by atoms with van der Waals surface area (Å²) < 4.78 is 0. The molecular formula is C8H14N2O. The molecular weight excluding hydrogens is 140 g/mol. The molecule has 3 heteroatoms. The highest BCUT2D eigenvalue weighted by atomic mass is 16.2. The molecule has 0 aromatic carbocycles. The summed E-state index contributed by atoms with van der Waals surface area (Å²) in [6.07, 6.45) is 2.42. The third-order valence-electron chi connectivity index (χ3n) is 2.57. The molecule has 0 bridgehead atoms. The van der Waals surface area contributed by atoms with E-state index in [1.54, 1.807) is 0 Å². The molecule has 0 aromatic rings. The third kappa shape index (κ3) is 1.25. The zero-order chi connectivity index (χ0) is 7.84. The predicted molar refractivity (Wildman–Crippen MR) is 42.2 cm³/mol. The molecule has 1 saturated heterocycles. The van der Waals surface area contributed by atoms with Crippen molar-refractivity contribution in [2.75, 3.05) is 20.1 Å². The Morgan fingerprint density at radius 3 is 2.45 bits per heavy atom. The van der Waals surface area contributed by atoms with Crippen LogP contribution < -0.4 is 5.32 Å². The summed E-state index contributed by atoms with van der Waals surface area (Å²) in [6, 6.07) is 0.572. The monoisotopic (exact) mass is 154 g/mol. The van der Waals surface area contributed by atoms with Gasteiger partial charge in [0.1, 0.15) is 0 Å². The highest BCUT2D eigenvalue weighted by Gasteiger charge is 2.35. The summed E-state index contributed by atoms with van der Waals surface area (Å²) in [5.74, 6) is 0.617. The summed E-state index contributed by atoms with van der Waals surface area (Å²) in [5, 5.41) is 3.11. The van der Waals surface area contributed by atoms with Crippen LogP contribution in [0.25, 0.3) is 0 Å². The Kier molecular flexibility index (Phi) is 1.60. The number of carbonyl (C=O) groups is 1. The molecule has 2 rings (SSSR count). The Morgan fingerprint density at radius 2 is 2.09 bits per heavy atom. The second-order valence-corrected chi connectivity index (χ2v) is 3.54. The molecule has 1 N–H and O–H groups in total. The Balaban J connectivity index is 1.86. The van der Waals surface area contributed by atoms with E-state index in [0.29, 0.717) is 11.9 Å². The molecule has 1 amide bonds. The summed E-state index contributed by atoms with van der Waals surface area (Å²) >= 11 is 0. The summed E-state index contributed by atoms with van der Waals surface area (Å²) in [6.45, 7) is 1.77. The molecule has 0 radical (unpaired) electrons. The van der Waals surface area contributed by atoms with Crippen LogP contribution in [0.3, 0.4) is 0 Å². The summed E-state index contributed by atoms with van der Waals surface area (Å²) in [4.78, 5) is 13.4. The largest absolute Gasteiger partial charge is 0.342 e. The van der Waals surface area contributed by atoms with E-state index in [0.717, 1.165) is 13.1 Å². The molecule has 3 nitrogen and oxygen atoms in total. The first-order valence-electron chi connectivity index (χ1n) is 4.26. The fraction of sp³-hybridized carbons (Fsp3) is 0.875. The summed E-state index contributed by atoms with van der Waals surface area (Å²) in [5.41, 5.74) is 0. The van der Waals surface area contributed by atoms with Gasteiger partial charge in [0.15, 0.2) is 0 Å². The topological polar surface area (TPSA) is 32.3 Å². The zero-order valence-electron chi connectivity index (χ0n) is 6.84. The first-order chi connectivity index (χ1) is 5.29. The van der Waals surface area contributed by atoms with Gasteiger partial charge >= 0.3 is 0 Å². The van der Waals surface area contributed by atoms with Crippen molar-refractivity contribution >= 4 is 5.91 Å². The van der Waals surface area contributed by atoms with Crippen molar-refractivity contribution in [3.63, 3.8) is 0 Å². The molecule has 0 aromatic heterocycles. The van der Waals surface area contributed by atoms with Crippen molar-refractivity contribution in [1.82, 2.24) is 10.2 Å². The number of amides is 1. The van der Waals surface area contributed by atoms with Gasteiger partial charge in [-0.25, -0.2) is 0 Å². The van der Waals surface area contributed by atoms with Crippen LogP contribution in [0.5, 0.6) is 0 Å². The van der Waals surface area contributed by atoms with Crippen LogP contribution in [0.2, 0.25) is 0 Å². The van der Waals surface area contributed by atoms with Gasteiger partial charge in [-0.15, -0.1) is 0 Å². The van der Waals surface area contributed by atoms with Gasteiger partial charge < -0.3 is 10.2 Å². The SMILES string of the molecule is CN(C(=O)C1CNC1)C1CC1. The normalized spacial score (nSPS) is 24.5. The van der Waals surface area contributed by atoms with Crippen LogP contribution in [0, 0.1) is 5.92 Å². The van der Waals surface area contributed by atoms with Crippen LogP contribution in [0.15, 0.2) is 0 Å². The Morgan fingerprint density at radius 1 is 1.45 bits per heavy atom. The predicted octanol–water partition coefficient (Wildman–Crippen LogP) is -0.173. The number of nitrogens with one attached hydrogen (secondary N) is 1. The van der Waals surface area contributed by atoms with Crippen LogP contribution >= 0.6 is 0 Å². The fourth-order valence-electron chi connectivity index (χ4n) is 1.39. The van der Waals surface area contributed by atoms with Crippen LogP contribution in [-0.4, -0.2) is 37.0 Å². The Hall–Kier alpha value is -0.570. The van der Waals surface area contributed by atoms with Crippen molar-refractivity contribution in [2.45, 2.75) is 18.9 Å². The van der Waals surface area contributed by atoms with Gasteiger partial charge in [-0.3, -0.25) is 4.79 Å². The Bertz CT molecular complexity index is 173. The lowest BCUT2D eigenvalue weighted by Gasteiger charge is -2.30. The van der Waals surface area contributed by atoms with E-state index >= 15 is 0 Å². The van der Waals surface area contributed by atoms with Gasteiger partial charge in [0.05, 0.1) is 5.92 Å². The first kappa shape index (κ1) is 7.10. The van der Waals surface area contributed by atoms with Gasteiger partial charge in [-0.1, -0.05) is 0 Å². The highest BCUT2D eigenvalue weighted by molar-refractivity contribution is 5.80. The van der Waals surface area contributed by atoms with Crippen LogP contribution in [0.1, 0.15) is 12.8 Å². The smallest absolute Gasteiger partial charge is 0.228 e. The van der Waals surface area contributed by atoms with Crippen LogP contribution in [0.4, 0.5) is 0 Å². The van der Waals surface area contributed by atoms with E-state index in [-0.39, 0.29) is 5.92 Å². The second kappa shape index (κ2) is 2.48. The lowest BCUT2D eigenvalue weighted by atomic mass is 10.0. The minimum absolute atomic E-state index is 0.278. The minimum Gasteiger partial charge on any atom is -0.342 e. The van der Waals surface area contributed by atoms with Gasteiger partial charge in [0.2, 0.25) is 5.91 Å². The van der Waals surface area contributed by atoms with E-state index in [9.17, 15) is 4.79 Å². The molecule has 2 fully saturated rings. The number of hydrogen-bond acceptors (Lipinski definition) is 2. The number of hydrogen-bond donors (Lipinski definition) is 1. The minimum atomic E-state index is 0.278. The average molecular weight is 154 g/mol. The standard InChI is InChI=1S/C8H14N2O/c1-10(7-2-3-7)8(11)6-4-9-5-6/h6-7,9H,2-5H2,1H3. The molecule has 11 heavy (non-hydrogen) atoms. The van der Waals surface area contributed by atoms with Crippen molar-refractivity contribution in [3.8, 4) is 0 Å². The molecule has 0 atom stereocenters. The van der Waals surface area contributed by atoms with Gasteiger partial charge in [0.25, 0.3) is 0 Å². The lowest BCUT2D eigenvalue weighted by molar-refractivity contribution is -0.136. The van der Waals surface area contributed by atoms with Crippen molar-refractivity contribution < 1.29 is 4.79 Å². The first-order valence-corrected chi connectivity index (χ1v) is 4.26. The second-order valence-electron chi connectivity index (χ2n) is 3.54. The number of rotatable bonds is 2. The maximum atomic E-state index is 11.5. The number of carbonyl (C=O) groups excluding carboxylic acids is 1. The zero-order valence-corrected chi connectivity index (χ0v) is 6.84. The maximum absolute atomic E-state index is 11.5. The van der Waals surface area contributed by atoms with E-state index in [1.165, 1.54) is 12.8 Å². The molecule has 1 saturated carbocycles. The molecule has 0 unspecified atom stereocenters. The fourth-order valence-corrected chi connectivity index (χ4v) is 1.39. The highest BCUT2D eigenvalue weighted by Crippen LogP contribution is 2.26. The lowest BCUT2D eigenvalue weighted by Crippen LogP contribution is -2.51. The van der Waals surface area contributed by atoms with Crippen molar-refractivity contribution in [2.24, 2.45) is 5.92 Å². The molecule has 1 aliphatic carbocycles. The van der Waals surface area contributed by atoms with Gasteiger partial charge in [-0.05, 0) is 12.8 Å². The number of nitrogens with zero attached hydrogens (tertiary/aromatic N) is 1. The maximum Gasteiger partial charge on any atom is 0.228 e. The van der Waals surface area contributed by atoms with Gasteiger partial charge in [-0.2, -0.15) is 0 Å².